The van der Waals surface area contributed by atoms with E-state index in [-0.39, 0.29) is 0 Å². The Morgan fingerprint density at radius 2 is 2.11 bits per heavy atom. The molecule has 0 amide bonds. The van der Waals surface area contributed by atoms with E-state index in [9.17, 15) is 0 Å². The number of rotatable bonds is 9. The van der Waals surface area contributed by atoms with Crippen molar-refractivity contribution in [3.63, 3.8) is 0 Å². The minimum Gasteiger partial charge on any atom is -0.319 e. The number of aryl methyl sites for hydroxylation is 2. The normalized spacial score (nSPS) is 14.7. The van der Waals surface area contributed by atoms with Crippen molar-refractivity contribution in [2.45, 2.75) is 59.3 Å². The molecule has 0 bridgehead atoms. The third kappa shape index (κ3) is 4.36. The highest BCUT2D eigenvalue weighted by Crippen LogP contribution is 2.34. The molecule has 2 nitrogen and oxygen atoms in total. The first kappa shape index (κ1) is 15.6. The van der Waals surface area contributed by atoms with Crippen molar-refractivity contribution >= 4 is 11.3 Å². The molecular formula is C15H28N2S. The van der Waals surface area contributed by atoms with Gasteiger partial charge in [0.05, 0.1) is 11.2 Å². The fraction of sp³-hybridized carbons (Fsp3) is 0.800. The van der Waals surface area contributed by atoms with E-state index in [1.165, 1.54) is 49.1 Å². The maximum absolute atomic E-state index is 4.35. The van der Waals surface area contributed by atoms with Crippen LogP contribution in [0.4, 0.5) is 0 Å². The Balaban J connectivity index is 2.62. The van der Waals surface area contributed by atoms with Crippen LogP contribution in [0.5, 0.6) is 0 Å². The van der Waals surface area contributed by atoms with Gasteiger partial charge in [0.25, 0.3) is 0 Å². The number of nitrogens with one attached hydrogen (secondary N) is 1. The highest BCUT2D eigenvalue weighted by molar-refractivity contribution is 7.09. The average Bonchev–Trinajstić information content (AvgIpc) is 2.79. The van der Waals surface area contributed by atoms with Crippen LogP contribution in [-0.4, -0.2) is 18.6 Å². The van der Waals surface area contributed by atoms with Gasteiger partial charge in [0, 0.05) is 11.4 Å². The van der Waals surface area contributed by atoms with Gasteiger partial charge in [-0.05, 0) is 45.1 Å². The van der Waals surface area contributed by atoms with Crippen LogP contribution >= 0.6 is 11.3 Å². The van der Waals surface area contributed by atoms with Crippen LogP contribution in [-0.2, 0) is 6.42 Å². The third-order valence-electron chi connectivity index (χ3n) is 4.09. The predicted octanol–water partition coefficient (Wildman–Crippen LogP) is 4.19. The molecule has 0 saturated heterocycles. The Morgan fingerprint density at radius 1 is 1.33 bits per heavy atom. The maximum Gasteiger partial charge on any atom is 0.0797 e. The Morgan fingerprint density at radius 3 is 2.61 bits per heavy atom. The molecule has 0 saturated carbocycles. The smallest absolute Gasteiger partial charge is 0.0797 e. The van der Waals surface area contributed by atoms with Crippen LogP contribution in [0, 0.1) is 12.3 Å². The molecule has 0 aliphatic carbocycles. The zero-order valence-corrected chi connectivity index (χ0v) is 13.2. The fourth-order valence-electron chi connectivity index (χ4n) is 2.65. The molecule has 18 heavy (non-hydrogen) atoms. The van der Waals surface area contributed by atoms with E-state index in [0.29, 0.717) is 5.41 Å². The number of nitrogens with zero attached hydrogens (tertiary/aromatic N) is 1. The molecule has 0 aliphatic rings. The molecule has 0 aliphatic heterocycles. The summed E-state index contributed by atoms with van der Waals surface area (Å²) in [5, 5.41) is 3.40. The molecule has 1 atom stereocenters. The van der Waals surface area contributed by atoms with Gasteiger partial charge in [0.1, 0.15) is 0 Å². The van der Waals surface area contributed by atoms with Gasteiger partial charge in [-0.2, -0.15) is 0 Å². The molecule has 0 fully saturated rings. The van der Waals surface area contributed by atoms with E-state index < -0.39 is 0 Å². The summed E-state index contributed by atoms with van der Waals surface area (Å²) in [5.74, 6) is 0. The Kier molecular flexibility index (Phi) is 6.87. The molecule has 0 spiro atoms. The lowest BCUT2D eigenvalue weighted by molar-refractivity contribution is 0.218. The second kappa shape index (κ2) is 7.90. The summed E-state index contributed by atoms with van der Waals surface area (Å²) < 4.78 is 0. The summed E-state index contributed by atoms with van der Waals surface area (Å²) in [6.07, 6.45) is 7.73. The van der Waals surface area contributed by atoms with Gasteiger partial charge in [-0.3, -0.25) is 0 Å². The maximum atomic E-state index is 4.35. The van der Waals surface area contributed by atoms with E-state index in [0.717, 1.165) is 6.54 Å². The van der Waals surface area contributed by atoms with E-state index in [1.807, 2.05) is 16.8 Å². The number of unbranched alkanes of at least 4 members (excludes halogenated alkanes) is 1. The second-order valence-corrected chi connectivity index (χ2v) is 6.29. The van der Waals surface area contributed by atoms with Crippen LogP contribution in [0.2, 0.25) is 0 Å². The average molecular weight is 268 g/mol. The first-order valence-electron chi connectivity index (χ1n) is 7.21. The van der Waals surface area contributed by atoms with E-state index in [4.69, 9.17) is 0 Å². The highest BCUT2D eigenvalue weighted by Gasteiger charge is 2.26. The van der Waals surface area contributed by atoms with Crippen molar-refractivity contribution in [1.82, 2.24) is 10.3 Å². The highest BCUT2D eigenvalue weighted by atomic mass is 32.1. The molecule has 3 heteroatoms. The standard InChI is InChI=1S/C15H28N2S/c1-5-7-9-15(6-2,11-16-4)10-8-14-13(3)17-12-18-14/h12,16H,5-11H2,1-4H3. The third-order valence-corrected chi connectivity index (χ3v) is 5.08. The topological polar surface area (TPSA) is 24.9 Å². The lowest BCUT2D eigenvalue weighted by Crippen LogP contribution is -2.32. The molecule has 1 unspecified atom stereocenters. The largest absolute Gasteiger partial charge is 0.319 e. The van der Waals surface area contributed by atoms with Gasteiger partial charge < -0.3 is 5.32 Å². The van der Waals surface area contributed by atoms with Crippen molar-refractivity contribution in [3.05, 3.63) is 16.1 Å². The molecule has 104 valence electrons. The van der Waals surface area contributed by atoms with Crippen LogP contribution in [0.3, 0.4) is 0 Å². The quantitative estimate of drug-likeness (QED) is 0.726. The number of aromatic nitrogens is 1. The molecule has 1 aromatic heterocycles. The van der Waals surface area contributed by atoms with Gasteiger partial charge >= 0.3 is 0 Å². The van der Waals surface area contributed by atoms with Gasteiger partial charge in [0.2, 0.25) is 0 Å². The summed E-state index contributed by atoms with van der Waals surface area (Å²) in [6.45, 7) is 7.89. The zero-order chi connectivity index (χ0) is 13.4. The molecule has 0 aromatic carbocycles. The van der Waals surface area contributed by atoms with E-state index in [2.05, 4.69) is 38.1 Å². The monoisotopic (exact) mass is 268 g/mol. The summed E-state index contributed by atoms with van der Waals surface area (Å²) >= 11 is 1.81. The minimum absolute atomic E-state index is 0.473. The van der Waals surface area contributed by atoms with Crippen LogP contribution in [0.25, 0.3) is 0 Å². The van der Waals surface area contributed by atoms with E-state index >= 15 is 0 Å². The van der Waals surface area contributed by atoms with Crippen molar-refractivity contribution in [3.8, 4) is 0 Å². The minimum atomic E-state index is 0.473. The summed E-state index contributed by atoms with van der Waals surface area (Å²) in [7, 11) is 2.08. The van der Waals surface area contributed by atoms with Crippen molar-refractivity contribution < 1.29 is 0 Å². The summed E-state index contributed by atoms with van der Waals surface area (Å²) in [6, 6.07) is 0. The first-order valence-corrected chi connectivity index (χ1v) is 8.09. The summed E-state index contributed by atoms with van der Waals surface area (Å²) in [5.41, 5.74) is 3.67. The van der Waals surface area contributed by atoms with Crippen LogP contribution in [0.1, 0.15) is 56.5 Å². The summed E-state index contributed by atoms with van der Waals surface area (Å²) in [4.78, 5) is 5.83. The van der Waals surface area contributed by atoms with Gasteiger partial charge in [-0.15, -0.1) is 11.3 Å². The van der Waals surface area contributed by atoms with Crippen LogP contribution in [0.15, 0.2) is 5.51 Å². The van der Waals surface area contributed by atoms with Gasteiger partial charge in [0.15, 0.2) is 0 Å². The van der Waals surface area contributed by atoms with Crippen molar-refractivity contribution in [2.75, 3.05) is 13.6 Å². The Hall–Kier alpha value is -0.410. The van der Waals surface area contributed by atoms with Crippen LogP contribution < -0.4 is 5.32 Å². The van der Waals surface area contributed by atoms with Crippen molar-refractivity contribution in [2.24, 2.45) is 5.41 Å². The molecule has 0 radical (unpaired) electrons. The molecule has 1 rings (SSSR count). The van der Waals surface area contributed by atoms with E-state index in [1.54, 1.807) is 0 Å². The Labute approximate surface area is 116 Å². The predicted molar refractivity (Wildman–Crippen MR) is 81.3 cm³/mol. The van der Waals surface area contributed by atoms with Gasteiger partial charge in [-0.25, -0.2) is 4.98 Å². The van der Waals surface area contributed by atoms with Crippen molar-refractivity contribution in [1.29, 1.82) is 0 Å². The van der Waals surface area contributed by atoms with Gasteiger partial charge in [-0.1, -0.05) is 26.7 Å². The fourth-order valence-corrected chi connectivity index (χ4v) is 3.43. The number of hydrogen-bond donors (Lipinski definition) is 1. The molecule has 1 heterocycles. The molecule has 1 aromatic rings. The SMILES string of the molecule is CCCCC(CC)(CCc1scnc1C)CNC. The number of hydrogen-bond acceptors (Lipinski definition) is 3. The second-order valence-electron chi connectivity index (χ2n) is 5.35. The molecule has 1 N–H and O–H groups in total. The lowest BCUT2D eigenvalue weighted by atomic mass is 9.76. The zero-order valence-electron chi connectivity index (χ0n) is 12.4. The molecular weight excluding hydrogens is 240 g/mol. The first-order chi connectivity index (χ1) is 8.67. The Bertz CT molecular complexity index is 335. The number of thiazole rings is 1. The lowest BCUT2D eigenvalue weighted by Gasteiger charge is -2.33.